The number of aryl methyl sites for hydroxylation is 1. The molecule has 0 saturated heterocycles. The maximum atomic E-state index is 11.7. The lowest BCUT2D eigenvalue weighted by molar-refractivity contribution is 0.410. The summed E-state index contributed by atoms with van der Waals surface area (Å²) >= 11 is 0. The zero-order valence-corrected chi connectivity index (χ0v) is 14.9. The molecular weight excluding hydrogens is 328 g/mol. The minimum absolute atomic E-state index is 0.353. The zero-order valence-electron chi connectivity index (χ0n) is 14.0. The molecule has 0 fully saturated rings. The Hall–Kier alpha value is -2.35. The molecular formula is C16H22N4O3S. The molecule has 0 aliphatic rings. The second-order valence-electron chi connectivity index (χ2n) is 5.41. The monoisotopic (exact) mass is 350 g/mol. The van der Waals surface area contributed by atoms with Gasteiger partial charge in [0.15, 0.2) is 15.8 Å². The molecule has 0 radical (unpaired) electrons. The molecule has 2 aromatic rings. The highest BCUT2D eigenvalue weighted by atomic mass is 32.2. The van der Waals surface area contributed by atoms with Crippen molar-refractivity contribution in [3.8, 4) is 0 Å². The van der Waals surface area contributed by atoms with Crippen molar-refractivity contribution in [3.05, 3.63) is 47.3 Å². The highest BCUT2D eigenvalue weighted by Crippen LogP contribution is 2.17. The maximum Gasteiger partial charge on any atom is 0.191 e. The molecule has 1 aromatic heterocycles. The standard InChI is InChI=1S/C16H22N4O3S/c1-4-17-16(19-11-14-7-8-23-20-14)18-10-13-5-6-15(12(2)9-13)24(3,21)22/h5-9H,4,10-11H2,1-3H3,(H2,17,18,19). The van der Waals surface area contributed by atoms with Gasteiger partial charge in [-0.3, -0.25) is 0 Å². The first kappa shape index (κ1) is 18.0. The molecule has 2 N–H and O–H groups in total. The molecule has 0 aliphatic heterocycles. The second kappa shape index (κ2) is 7.96. The summed E-state index contributed by atoms with van der Waals surface area (Å²) in [6.45, 7) is 5.46. The van der Waals surface area contributed by atoms with E-state index in [4.69, 9.17) is 4.52 Å². The molecule has 1 heterocycles. The number of hydrogen-bond acceptors (Lipinski definition) is 5. The van der Waals surface area contributed by atoms with Crippen LogP contribution in [0.25, 0.3) is 0 Å². The average Bonchev–Trinajstić information content (AvgIpc) is 3.02. The number of benzene rings is 1. The maximum absolute atomic E-state index is 11.7. The van der Waals surface area contributed by atoms with Gasteiger partial charge in [0, 0.05) is 18.9 Å². The minimum Gasteiger partial charge on any atom is -0.364 e. The fourth-order valence-electron chi connectivity index (χ4n) is 2.24. The summed E-state index contributed by atoms with van der Waals surface area (Å²) in [5.41, 5.74) is 2.46. The van der Waals surface area contributed by atoms with E-state index in [1.165, 1.54) is 12.5 Å². The van der Waals surface area contributed by atoms with Crippen LogP contribution in [0.4, 0.5) is 0 Å². The number of guanidine groups is 1. The molecule has 0 saturated carbocycles. The second-order valence-corrected chi connectivity index (χ2v) is 7.40. The lowest BCUT2D eigenvalue weighted by Gasteiger charge is -2.10. The van der Waals surface area contributed by atoms with Crippen LogP contribution in [0.1, 0.15) is 23.7 Å². The molecule has 8 heteroatoms. The van der Waals surface area contributed by atoms with E-state index < -0.39 is 9.84 Å². The molecule has 2 rings (SSSR count). The molecule has 7 nitrogen and oxygen atoms in total. The third-order valence-electron chi connectivity index (χ3n) is 3.33. The molecule has 130 valence electrons. The van der Waals surface area contributed by atoms with Crippen LogP contribution in [0, 0.1) is 6.92 Å². The van der Waals surface area contributed by atoms with Crippen molar-refractivity contribution in [2.75, 3.05) is 12.8 Å². The van der Waals surface area contributed by atoms with Crippen LogP contribution in [-0.2, 0) is 22.9 Å². The third kappa shape index (κ3) is 5.09. The molecule has 0 bridgehead atoms. The summed E-state index contributed by atoms with van der Waals surface area (Å²) in [7, 11) is -3.20. The Morgan fingerprint density at radius 1 is 1.29 bits per heavy atom. The van der Waals surface area contributed by atoms with Gasteiger partial charge in [-0.15, -0.1) is 0 Å². The quantitative estimate of drug-likeness (QED) is 0.607. The van der Waals surface area contributed by atoms with Crippen LogP contribution < -0.4 is 10.6 Å². The predicted molar refractivity (Wildman–Crippen MR) is 92.4 cm³/mol. The van der Waals surface area contributed by atoms with E-state index in [0.717, 1.165) is 23.4 Å². The summed E-state index contributed by atoms with van der Waals surface area (Å²) in [6.07, 6.45) is 2.73. The summed E-state index contributed by atoms with van der Waals surface area (Å²) < 4.78 is 28.1. The molecule has 0 atom stereocenters. The van der Waals surface area contributed by atoms with E-state index in [9.17, 15) is 8.42 Å². The van der Waals surface area contributed by atoms with E-state index in [2.05, 4.69) is 20.8 Å². The summed E-state index contributed by atoms with van der Waals surface area (Å²) in [5.74, 6) is 0.658. The molecule has 24 heavy (non-hydrogen) atoms. The third-order valence-corrected chi connectivity index (χ3v) is 4.59. The summed E-state index contributed by atoms with van der Waals surface area (Å²) in [6, 6.07) is 7.05. The van der Waals surface area contributed by atoms with Gasteiger partial charge in [-0.1, -0.05) is 17.3 Å². The first-order valence-corrected chi connectivity index (χ1v) is 9.50. The Morgan fingerprint density at radius 2 is 2.08 bits per heavy atom. The Kier molecular flexibility index (Phi) is 5.97. The zero-order chi connectivity index (χ0) is 17.6. The number of aromatic nitrogens is 1. The SMILES string of the molecule is CCNC(=NCc1ccc(S(C)(=O)=O)c(C)c1)NCc1ccon1. The molecule has 1 aromatic carbocycles. The van der Waals surface area contributed by atoms with Crippen molar-refractivity contribution < 1.29 is 12.9 Å². The van der Waals surface area contributed by atoms with Crippen LogP contribution >= 0.6 is 0 Å². The van der Waals surface area contributed by atoms with Crippen molar-refractivity contribution in [3.63, 3.8) is 0 Å². The van der Waals surface area contributed by atoms with Crippen LogP contribution in [0.3, 0.4) is 0 Å². The lowest BCUT2D eigenvalue weighted by Crippen LogP contribution is -2.36. The van der Waals surface area contributed by atoms with Crippen LogP contribution in [-0.4, -0.2) is 32.3 Å². The van der Waals surface area contributed by atoms with Crippen molar-refractivity contribution in [2.24, 2.45) is 4.99 Å². The van der Waals surface area contributed by atoms with Crippen molar-refractivity contribution in [1.29, 1.82) is 0 Å². The first-order chi connectivity index (χ1) is 11.4. The van der Waals surface area contributed by atoms with Gasteiger partial charge in [0.1, 0.15) is 12.0 Å². The van der Waals surface area contributed by atoms with Gasteiger partial charge >= 0.3 is 0 Å². The Balaban J connectivity index is 2.06. The van der Waals surface area contributed by atoms with Crippen molar-refractivity contribution >= 4 is 15.8 Å². The van der Waals surface area contributed by atoms with Gasteiger partial charge in [-0.25, -0.2) is 13.4 Å². The average molecular weight is 350 g/mol. The lowest BCUT2D eigenvalue weighted by atomic mass is 10.1. The number of nitrogens with one attached hydrogen (secondary N) is 2. The van der Waals surface area contributed by atoms with Gasteiger partial charge in [-0.05, 0) is 31.0 Å². The predicted octanol–water partition coefficient (Wildman–Crippen LogP) is 1.64. The van der Waals surface area contributed by atoms with Crippen molar-refractivity contribution in [1.82, 2.24) is 15.8 Å². The smallest absolute Gasteiger partial charge is 0.191 e. The fourth-order valence-corrected chi connectivity index (χ4v) is 3.20. The van der Waals surface area contributed by atoms with Crippen LogP contribution in [0.2, 0.25) is 0 Å². The van der Waals surface area contributed by atoms with Gasteiger partial charge in [0.25, 0.3) is 0 Å². The molecule has 0 amide bonds. The van der Waals surface area contributed by atoms with Gasteiger partial charge in [-0.2, -0.15) is 0 Å². The highest BCUT2D eigenvalue weighted by molar-refractivity contribution is 7.90. The number of hydrogen-bond donors (Lipinski definition) is 2. The summed E-state index contributed by atoms with van der Waals surface area (Å²) in [5, 5.41) is 10.1. The van der Waals surface area contributed by atoms with Crippen LogP contribution in [0.15, 0.2) is 44.9 Å². The Morgan fingerprint density at radius 3 is 2.67 bits per heavy atom. The van der Waals surface area contributed by atoms with Gasteiger partial charge in [0.05, 0.1) is 18.0 Å². The normalized spacial score (nSPS) is 12.2. The molecule has 0 spiro atoms. The van der Waals surface area contributed by atoms with E-state index in [1.807, 2.05) is 13.0 Å². The minimum atomic E-state index is -3.20. The topological polar surface area (TPSA) is 96.6 Å². The number of rotatable bonds is 6. The van der Waals surface area contributed by atoms with E-state index in [0.29, 0.717) is 23.9 Å². The van der Waals surface area contributed by atoms with E-state index >= 15 is 0 Å². The van der Waals surface area contributed by atoms with Gasteiger partial charge < -0.3 is 15.2 Å². The fraction of sp³-hybridized carbons (Fsp3) is 0.375. The largest absolute Gasteiger partial charge is 0.364 e. The highest BCUT2D eigenvalue weighted by Gasteiger charge is 2.10. The summed E-state index contributed by atoms with van der Waals surface area (Å²) in [4.78, 5) is 4.86. The number of nitrogens with zero attached hydrogens (tertiary/aromatic N) is 2. The number of aliphatic imine (C=N–C) groups is 1. The van der Waals surface area contributed by atoms with Crippen LogP contribution in [0.5, 0.6) is 0 Å². The molecule has 0 aliphatic carbocycles. The van der Waals surface area contributed by atoms with E-state index in [1.54, 1.807) is 25.1 Å². The molecule has 0 unspecified atom stereocenters. The Bertz CT molecular complexity index is 799. The van der Waals surface area contributed by atoms with E-state index in [-0.39, 0.29) is 0 Å². The number of sulfone groups is 1. The van der Waals surface area contributed by atoms with Gasteiger partial charge in [0.2, 0.25) is 0 Å². The van der Waals surface area contributed by atoms with Crippen molar-refractivity contribution in [2.45, 2.75) is 31.8 Å². The first-order valence-electron chi connectivity index (χ1n) is 7.61. The Labute approximate surface area is 142 Å².